The Labute approximate surface area is 277 Å². The molecule has 0 spiro atoms. The lowest BCUT2D eigenvalue weighted by Gasteiger charge is -2.23. The lowest BCUT2D eigenvalue weighted by atomic mass is 9.92. The molecule has 0 fully saturated rings. The minimum atomic E-state index is -0.963. The molecule has 2 aromatic heterocycles. The van der Waals surface area contributed by atoms with Crippen molar-refractivity contribution in [1.29, 1.82) is 0 Å². The van der Waals surface area contributed by atoms with Crippen molar-refractivity contribution in [2.24, 2.45) is 7.05 Å². The number of carbonyl (C=O) groups excluding carboxylic acids is 1. The van der Waals surface area contributed by atoms with Crippen LogP contribution in [0.5, 0.6) is 0 Å². The van der Waals surface area contributed by atoms with Crippen LogP contribution in [-0.4, -0.2) is 55.5 Å². The molecular weight excluding hydrogens is 588 g/mol. The second-order valence-corrected chi connectivity index (χ2v) is 13.4. The minimum Gasteiger partial charge on any atom is -0.478 e. The van der Waals surface area contributed by atoms with Crippen LogP contribution < -0.4 is 0 Å². The zero-order valence-electron chi connectivity index (χ0n) is 28.7. The number of carbonyl (C=O) groups is 2. The van der Waals surface area contributed by atoms with Crippen molar-refractivity contribution >= 4 is 22.8 Å². The number of aromatic nitrogens is 3. The molecule has 8 heteroatoms. The molecule has 0 saturated heterocycles. The van der Waals surface area contributed by atoms with Crippen molar-refractivity contribution in [1.82, 2.24) is 19.2 Å². The van der Waals surface area contributed by atoms with E-state index in [1.54, 1.807) is 12.1 Å². The molecule has 1 atom stereocenters. The topological polar surface area (TPSA) is 89.6 Å². The van der Waals surface area contributed by atoms with Crippen LogP contribution in [0.3, 0.4) is 0 Å². The third-order valence-electron chi connectivity index (χ3n) is 10.1. The van der Waals surface area contributed by atoms with Crippen LogP contribution >= 0.6 is 0 Å². The van der Waals surface area contributed by atoms with Gasteiger partial charge < -0.3 is 19.3 Å². The number of rotatable bonds is 9. The van der Waals surface area contributed by atoms with Crippen molar-refractivity contribution in [3.63, 3.8) is 0 Å². The molecule has 1 unspecified atom stereocenters. The first-order chi connectivity index (χ1) is 22.4. The van der Waals surface area contributed by atoms with E-state index in [4.69, 9.17) is 9.84 Å². The molecule has 0 bridgehead atoms. The Morgan fingerprint density at radius 1 is 1.06 bits per heavy atom. The summed E-state index contributed by atoms with van der Waals surface area (Å²) in [7, 11) is 1.97. The number of aromatic carboxylic acids is 1. The highest BCUT2D eigenvalue weighted by molar-refractivity contribution is 6.06. The van der Waals surface area contributed by atoms with Crippen molar-refractivity contribution < 1.29 is 19.4 Å². The number of amides is 1. The van der Waals surface area contributed by atoms with Crippen LogP contribution in [0.1, 0.15) is 89.0 Å². The first-order valence-corrected chi connectivity index (χ1v) is 16.7. The summed E-state index contributed by atoms with van der Waals surface area (Å²) in [5.41, 5.74) is 13.1. The molecule has 1 amide bonds. The number of para-hydroxylation sites is 1. The molecule has 1 N–H and O–H groups in total. The quantitative estimate of drug-likeness (QED) is 0.191. The lowest BCUT2D eigenvalue weighted by molar-refractivity contribution is 0.0696. The first-order valence-electron chi connectivity index (χ1n) is 16.7. The fourth-order valence-electron chi connectivity index (χ4n) is 7.53. The van der Waals surface area contributed by atoms with Crippen molar-refractivity contribution in [3.8, 4) is 11.1 Å². The van der Waals surface area contributed by atoms with Crippen molar-refractivity contribution in [2.75, 3.05) is 13.2 Å². The molecule has 0 saturated carbocycles. The van der Waals surface area contributed by atoms with Gasteiger partial charge >= 0.3 is 5.97 Å². The van der Waals surface area contributed by atoms with E-state index in [1.165, 1.54) is 16.7 Å². The Hall–Kier alpha value is -4.43. The van der Waals surface area contributed by atoms with Gasteiger partial charge in [-0.2, -0.15) is 5.10 Å². The third kappa shape index (κ3) is 6.19. The van der Waals surface area contributed by atoms with Crippen molar-refractivity contribution in [3.05, 3.63) is 98.5 Å². The zero-order chi connectivity index (χ0) is 33.6. The van der Waals surface area contributed by atoms with Gasteiger partial charge in [-0.25, -0.2) is 4.79 Å². The van der Waals surface area contributed by atoms with Crippen LogP contribution in [0, 0.1) is 20.8 Å². The Morgan fingerprint density at radius 2 is 1.85 bits per heavy atom. The van der Waals surface area contributed by atoms with Crippen LogP contribution in [0.15, 0.2) is 59.2 Å². The number of aryl methyl sites for hydroxylation is 5. The number of hydrogen-bond donors (Lipinski definition) is 1. The van der Waals surface area contributed by atoms with Crippen LogP contribution in [0.4, 0.5) is 0 Å². The highest BCUT2D eigenvalue weighted by Crippen LogP contribution is 2.39. The lowest BCUT2D eigenvalue weighted by Crippen LogP contribution is -2.31. The fraction of sp³-hybridized carbons (Fsp3) is 0.410. The summed E-state index contributed by atoms with van der Waals surface area (Å²) in [6, 6.07) is 11.7. The second-order valence-electron chi connectivity index (χ2n) is 13.4. The minimum absolute atomic E-state index is 0.0133. The van der Waals surface area contributed by atoms with Gasteiger partial charge in [-0.15, -0.1) is 0 Å². The summed E-state index contributed by atoms with van der Waals surface area (Å²) < 4.78 is 10.5. The third-order valence-corrected chi connectivity index (χ3v) is 10.1. The van der Waals surface area contributed by atoms with E-state index in [2.05, 4.69) is 56.5 Å². The molecule has 47 heavy (non-hydrogen) atoms. The normalized spacial score (nSPS) is 16.9. The summed E-state index contributed by atoms with van der Waals surface area (Å²) in [6.45, 7) is 14.8. The number of allylic oxidation sites excluding steroid dienone is 2. The molecule has 6 rings (SSSR count). The van der Waals surface area contributed by atoms with Gasteiger partial charge in [-0.05, 0) is 107 Å². The standard InChI is InChI=1S/C39H46N4O4/c1-23-17-29(21-30(18-23)39(45)46)22-42-14-10-15-43-36-32(11-8-12-34(36)35-27(5)40-41(7)28(35)6)33(37(43)38(42)44)13-9-16-47-31-19-24(2)26(4)25(3)20-31/h8,11-12,17-19,21,31H,9-10,13-16,20,22H2,1-7H3,(H,45,46). The van der Waals surface area contributed by atoms with Gasteiger partial charge in [0, 0.05) is 55.5 Å². The smallest absolute Gasteiger partial charge is 0.335 e. The molecule has 2 aromatic carbocycles. The maximum atomic E-state index is 14.6. The summed E-state index contributed by atoms with van der Waals surface area (Å²) >= 11 is 0. The Balaban J connectivity index is 1.38. The number of ether oxygens (including phenoxy) is 1. The zero-order valence-corrected chi connectivity index (χ0v) is 28.7. The van der Waals surface area contributed by atoms with E-state index >= 15 is 0 Å². The summed E-state index contributed by atoms with van der Waals surface area (Å²) in [6.07, 6.45) is 5.52. The molecule has 3 heterocycles. The average molecular weight is 635 g/mol. The van der Waals surface area contributed by atoms with Gasteiger partial charge in [-0.3, -0.25) is 9.48 Å². The summed E-state index contributed by atoms with van der Waals surface area (Å²) in [5.74, 6) is -0.976. The van der Waals surface area contributed by atoms with Gasteiger partial charge in [0.2, 0.25) is 0 Å². The van der Waals surface area contributed by atoms with Gasteiger partial charge in [0.15, 0.2) is 0 Å². The Morgan fingerprint density at radius 3 is 2.55 bits per heavy atom. The van der Waals surface area contributed by atoms with E-state index in [9.17, 15) is 14.7 Å². The molecular formula is C39H46N4O4. The van der Waals surface area contributed by atoms with Gasteiger partial charge in [-0.1, -0.05) is 35.9 Å². The predicted molar refractivity (Wildman–Crippen MR) is 186 cm³/mol. The molecule has 1 aliphatic carbocycles. The number of carboxylic acids is 1. The monoisotopic (exact) mass is 634 g/mol. The Kier molecular flexibility index (Phi) is 8.99. The number of fused-ring (bicyclic) bond motifs is 3. The maximum Gasteiger partial charge on any atom is 0.335 e. The van der Waals surface area contributed by atoms with E-state index in [0.717, 1.165) is 75.1 Å². The number of carboxylic acid groups (broad SMARTS) is 1. The molecule has 2 aliphatic rings. The molecule has 8 nitrogen and oxygen atoms in total. The van der Waals surface area contributed by atoms with E-state index in [-0.39, 0.29) is 17.6 Å². The van der Waals surface area contributed by atoms with Crippen LogP contribution in [0.25, 0.3) is 22.0 Å². The summed E-state index contributed by atoms with van der Waals surface area (Å²) in [4.78, 5) is 28.3. The van der Waals surface area contributed by atoms with E-state index < -0.39 is 5.97 Å². The largest absolute Gasteiger partial charge is 0.478 e. The fourth-order valence-corrected chi connectivity index (χ4v) is 7.53. The Bertz CT molecular complexity index is 1960. The van der Waals surface area contributed by atoms with Gasteiger partial charge in [0.1, 0.15) is 5.69 Å². The van der Waals surface area contributed by atoms with Crippen molar-refractivity contribution in [2.45, 2.75) is 86.4 Å². The van der Waals surface area contributed by atoms with Crippen LogP contribution in [0.2, 0.25) is 0 Å². The van der Waals surface area contributed by atoms with E-state index in [1.807, 2.05) is 36.5 Å². The van der Waals surface area contributed by atoms with Crippen LogP contribution in [-0.2, 0) is 31.3 Å². The highest BCUT2D eigenvalue weighted by Gasteiger charge is 2.31. The number of hydrogen-bond acceptors (Lipinski definition) is 4. The molecule has 0 radical (unpaired) electrons. The SMILES string of the molecule is CC1=CC(OCCCc2c3n(c4c(-c5c(C)nn(C)c5C)cccc24)CCCN(Cc2cc(C)cc(C(=O)O)c2)C3=O)CC(C)=C1C. The first kappa shape index (κ1) is 32.5. The van der Waals surface area contributed by atoms with Gasteiger partial charge in [0.05, 0.1) is 22.9 Å². The number of benzene rings is 2. The molecule has 4 aromatic rings. The number of nitrogens with zero attached hydrogens (tertiary/aromatic N) is 4. The average Bonchev–Trinajstić information content (AvgIpc) is 3.41. The molecule has 1 aliphatic heterocycles. The van der Waals surface area contributed by atoms with Gasteiger partial charge in [0.25, 0.3) is 5.91 Å². The maximum absolute atomic E-state index is 14.6. The van der Waals surface area contributed by atoms with E-state index in [0.29, 0.717) is 32.7 Å². The second kappa shape index (κ2) is 13.0. The predicted octanol–water partition coefficient (Wildman–Crippen LogP) is 7.72. The highest BCUT2D eigenvalue weighted by atomic mass is 16.5. The summed E-state index contributed by atoms with van der Waals surface area (Å²) in [5, 5.41) is 15.5. The molecule has 246 valence electrons.